The molecule has 1 aromatic heterocycles. The van der Waals surface area contributed by atoms with E-state index in [2.05, 4.69) is 34.9 Å². The average molecular weight is 274 g/mol. The lowest BCUT2D eigenvalue weighted by molar-refractivity contribution is 0.153. The lowest BCUT2D eigenvalue weighted by atomic mass is 9.94. The maximum Gasteiger partial charge on any atom is 0.101 e. The van der Waals surface area contributed by atoms with Gasteiger partial charge in [0.1, 0.15) is 6.07 Å². The van der Waals surface area contributed by atoms with Crippen molar-refractivity contribution in [1.29, 1.82) is 5.26 Å². The minimum Gasteiger partial charge on any atom is -0.360 e. The van der Waals surface area contributed by atoms with Gasteiger partial charge in [0.05, 0.1) is 5.56 Å². The summed E-state index contributed by atoms with van der Waals surface area (Å²) < 4.78 is 0. The molecule has 1 aliphatic heterocycles. The van der Waals surface area contributed by atoms with Crippen LogP contribution in [0.5, 0.6) is 0 Å². The highest BCUT2D eigenvalue weighted by Crippen LogP contribution is 2.21. The molecule has 20 heavy (non-hydrogen) atoms. The lowest BCUT2D eigenvalue weighted by Crippen LogP contribution is -2.36. The number of nitriles is 1. The van der Waals surface area contributed by atoms with E-state index < -0.39 is 0 Å². The van der Waals surface area contributed by atoms with Crippen molar-refractivity contribution in [3.8, 4) is 6.07 Å². The molecule has 0 bridgehead atoms. The third kappa shape index (κ3) is 4.09. The second-order valence-electron chi connectivity index (χ2n) is 6.28. The largest absolute Gasteiger partial charge is 0.360 e. The van der Waals surface area contributed by atoms with Crippen molar-refractivity contribution in [3.05, 3.63) is 23.0 Å². The summed E-state index contributed by atoms with van der Waals surface area (Å²) in [5.74, 6) is 0.817. The minimum absolute atomic E-state index is 0.779. The zero-order valence-corrected chi connectivity index (χ0v) is 12.9. The fourth-order valence-corrected chi connectivity index (χ4v) is 3.04. The summed E-state index contributed by atoms with van der Waals surface area (Å²) in [6.45, 7) is 6.46. The van der Waals surface area contributed by atoms with Crippen molar-refractivity contribution < 1.29 is 0 Å². The number of nitrogens with zero attached hydrogens (tertiary/aromatic N) is 3. The Kier molecular flexibility index (Phi) is 5.22. The number of aromatic nitrogens is 1. The quantitative estimate of drug-likeness (QED) is 0.896. The molecule has 1 atom stereocenters. The van der Waals surface area contributed by atoms with Gasteiger partial charge in [0, 0.05) is 24.5 Å². The highest BCUT2D eigenvalue weighted by Gasteiger charge is 2.20. The van der Waals surface area contributed by atoms with Gasteiger partial charge in [-0.3, -0.25) is 4.90 Å². The molecule has 0 unspecified atom stereocenters. The number of likely N-dealkylation sites (tertiary alicyclic amines) is 1. The summed E-state index contributed by atoms with van der Waals surface area (Å²) in [7, 11) is 4.29. The molecule has 110 valence electrons. The molecular formula is C16H26N4. The van der Waals surface area contributed by atoms with Gasteiger partial charge in [-0.25, -0.2) is 0 Å². The Balaban J connectivity index is 1.87. The minimum atomic E-state index is 0.779. The van der Waals surface area contributed by atoms with E-state index >= 15 is 0 Å². The van der Waals surface area contributed by atoms with Crippen molar-refractivity contribution in [1.82, 2.24) is 14.8 Å². The number of hydrogen-bond acceptors (Lipinski definition) is 3. The molecule has 0 radical (unpaired) electrons. The Morgan fingerprint density at radius 2 is 2.30 bits per heavy atom. The zero-order chi connectivity index (χ0) is 14.5. The Morgan fingerprint density at radius 1 is 1.50 bits per heavy atom. The number of nitrogens with one attached hydrogen (secondary N) is 1. The molecule has 4 heteroatoms. The van der Waals surface area contributed by atoms with Gasteiger partial charge in [0.15, 0.2) is 0 Å². The van der Waals surface area contributed by atoms with Crippen LogP contribution >= 0.6 is 0 Å². The number of hydrogen-bond donors (Lipinski definition) is 1. The molecule has 1 aliphatic rings. The van der Waals surface area contributed by atoms with Crippen LogP contribution in [0.4, 0.5) is 0 Å². The van der Waals surface area contributed by atoms with Gasteiger partial charge in [-0.15, -0.1) is 0 Å². The monoisotopic (exact) mass is 274 g/mol. The fraction of sp³-hybridized carbons (Fsp3) is 0.688. The first-order valence-corrected chi connectivity index (χ1v) is 7.54. The van der Waals surface area contributed by atoms with Crippen LogP contribution in [0.2, 0.25) is 0 Å². The van der Waals surface area contributed by atoms with E-state index in [-0.39, 0.29) is 0 Å². The van der Waals surface area contributed by atoms with Crippen LogP contribution < -0.4 is 0 Å². The van der Waals surface area contributed by atoms with Crippen LogP contribution in [0.1, 0.15) is 36.2 Å². The Morgan fingerprint density at radius 3 is 2.95 bits per heavy atom. The van der Waals surface area contributed by atoms with Gasteiger partial charge >= 0.3 is 0 Å². The third-order valence-corrected chi connectivity index (χ3v) is 4.17. The summed E-state index contributed by atoms with van der Waals surface area (Å²) in [4.78, 5) is 8.13. The molecule has 1 N–H and O–H groups in total. The van der Waals surface area contributed by atoms with E-state index in [1.54, 1.807) is 0 Å². The van der Waals surface area contributed by atoms with E-state index in [0.29, 0.717) is 0 Å². The van der Waals surface area contributed by atoms with Gasteiger partial charge in [0.25, 0.3) is 0 Å². The zero-order valence-electron chi connectivity index (χ0n) is 12.9. The average Bonchev–Trinajstić information content (AvgIpc) is 2.77. The van der Waals surface area contributed by atoms with E-state index in [0.717, 1.165) is 23.7 Å². The summed E-state index contributed by atoms with van der Waals surface area (Å²) in [6, 6.07) is 4.24. The topological polar surface area (TPSA) is 46.1 Å². The van der Waals surface area contributed by atoms with Crippen LogP contribution in [0.25, 0.3) is 0 Å². The van der Waals surface area contributed by atoms with Gasteiger partial charge in [-0.2, -0.15) is 5.26 Å². The molecule has 0 aliphatic carbocycles. The smallest absolute Gasteiger partial charge is 0.101 e. The highest BCUT2D eigenvalue weighted by molar-refractivity contribution is 5.35. The fourth-order valence-electron chi connectivity index (χ4n) is 3.04. The van der Waals surface area contributed by atoms with E-state index in [4.69, 9.17) is 5.26 Å². The molecule has 0 saturated carbocycles. The van der Waals surface area contributed by atoms with E-state index in [1.165, 1.54) is 44.6 Å². The number of aromatic amines is 1. The first kappa shape index (κ1) is 15.1. The summed E-state index contributed by atoms with van der Waals surface area (Å²) in [6.07, 6.45) is 3.94. The Labute approximate surface area is 122 Å². The molecule has 2 rings (SSSR count). The number of piperidine rings is 1. The standard InChI is InChI=1S/C16H26N4/c1-13-15(10-17)9-16(18-13)12-20-7-4-5-14(11-20)6-8-19(2)3/h9,14,18H,4-8,11-12H2,1-3H3/t14-/m0/s1. The lowest BCUT2D eigenvalue weighted by Gasteiger charge is -2.33. The van der Waals surface area contributed by atoms with Crippen molar-refractivity contribution in [2.24, 2.45) is 5.92 Å². The van der Waals surface area contributed by atoms with Crippen LogP contribution in [0.3, 0.4) is 0 Å². The Bertz CT molecular complexity index is 469. The van der Waals surface area contributed by atoms with Crippen molar-refractivity contribution in [3.63, 3.8) is 0 Å². The molecule has 2 heterocycles. The van der Waals surface area contributed by atoms with Gasteiger partial charge in [-0.05, 0) is 65.4 Å². The maximum atomic E-state index is 9.01. The first-order chi connectivity index (χ1) is 9.58. The molecule has 0 amide bonds. The molecular weight excluding hydrogens is 248 g/mol. The van der Waals surface area contributed by atoms with E-state index in [9.17, 15) is 0 Å². The van der Waals surface area contributed by atoms with Gasteiger partial charge in [0.2, 0.25) is 0 Å². The highest BCUT2D eigenvalue weighted by atomic mass is 15.1. The summed E-state index contributed by atoms with van der Waals surface area (Å²) in [5.41, 5.74) is 2.94. The number of aryl methyl sites for hydroxylation is 1. The molecule has 0 aromatic carbocycles. The van der Waals surface area contributed by atoms with Crippen LogP contribution in [0, 0.1) is 24.2 Å². The van der Waals surface area contributed by atoms with Gasteiger partial charge < -0.3 is 9.88 Å². The van der Waals surface area contributed by atoms with Crippen molar-refractivity contribution >= 4 is 0 Å². The number of H-pyrrole nitrogens is 1. The first-order valence-electron chi connectivity index (χ1n) is 7.54. The second kappa shape index (κ2) is 6.92. The maximum absolute atomic E-state index is 9.01. The molecule has 1 fully saturated rings. The molecule has 1 aromatic rings. The summed E-state index contributed by atoms with van der Waals surface area (Å²) >= 11 is 0. The van der Waals surface area contributed by atoms with Gasteiger partial charge in [-0.1, -0.05) is 0 Å². The summed E-state index contributed by atoms with van der Waals surface area (Å²) in [5, 5.41) is 9.01. The van der Waals surface area contributed by atoms with Crippen LogP contribution in [0.15, 0.2) is 6.07 Å². The predicted octanol–water partition coefficient (Wildman–Crippen LogP) is 2.36. The predicted molar refractivity (Wildman–Crippen MR) is 81.4 cm³/mol. The second-order valence-corrected chi connectivity index (χ2v) is 6.28. The molecule has 0 spiro atoms. The number of rotatable bonds is 5. The molecule has 4 nitrogen and oxygen atoms in total. The normalized spacial score (nSPS) is 20.2. The SMILES string of the molecule is Cc1[nH]c(CN2CCC[C@@H](CCN(C)C)C2)cc1C#N. The van der Waals surface area contributed by atoms with Crippen molar-refractivity contribution in [2.45, 2.75) is 32.7 Å². The van der Waals surface area contributed by atoms with Crippen molar-refractivity contribution in [2.75, 3.05) is 33.7 Å². The third-order valence-electron chi connectivity index (χ3n) is 4.17. The van der Waals surface area contributed by atoms with Crippen LogP contribution in [-0.4, -0.2) is 48.5 Å². The molecule has 1 saturated heterocycles. The van der Waals surface area contributed by atoms with E-state index in [1.807, 2.05) is 13.0 Å². The van der Waals surface area contributed by atoms with Crippen LogP contribution in [-0.2, 0) is 6.54 Å². The Hall–Kier alpha value is -1.31.